The van der Waals surface area contributed by atoms with E-state index in [1.807, 2.05) is 18.5 Å². The minimum Gasteiger partial charge on any atom is -0.377 e. The molecule has 0 aliphatic heterocycles. The number of H-pyrrole nitrogens is 1. The molecule has 62 valence electrons. The summed E-state index contributed by atoms with van der Waals surface area (Å²) in [6, 6.07) is 2.03. The third kappa shape index (κ3) is 3.23. The van der Waals surface area contributed by atoms with E-state index in [1.165, 1.54) is 12.0 Å². The quantitative estimate of drug-likeness (QED) is 0.645. The molecule has 1 N–H and O–H groups in total. The summed E-state index contributed by atoms with van der Waals surface area (Å²) in [6.07, 6.45) is 6.24. The Hall–Kier alpha value is -0.760. The molecular weight excluding hydrogens is 138 g/mol. The fourth-order valence-corrected chi connectivity index (χ4v) is 0.885. The first kappa shape index (κ1) is 8.34. The van der Waals surface area contributed by atoms with Gasteiger partial charge in [-0.3, -0.25) is 0 Å². The van der Waals surface area contributed by atoms with Crippen molar-refractivity contribution in [3.05, 3.63) is 24.0 Å². The first-order chi connectivity index (χ1) is 5.43. The Kier molecular flexibility index (Phi) is 3.76. The molecule has 0 aromatic carbocycles. The molecule has 0 amide bonds. The number of nitrogens with one attached hydrogen (secondary N) is 1. The van der Waals surface area contributed by atoms with E-state index in [-0.39, 0.29) is 0 Å². The zero-order valence-electron chi connectivity index (χ0n) is 6.97. The van der Waals surface area contributed by atoms with Crippen molar-refractivity contribution in [3.8, 4) is 0 Å². The Morgan fingerprint density at radius 3 is 3.09 bits per heavy atom. The molecule has 2 heteroatoms. The number of aromatic nitrogens is 1. The Balaban J connectivity index is 2.04. The van der Waals surface area contributed by atoms with Gasteiger partial charge < -0.3 is 9.72 Å². The monoisotopic (exact) mass is 153 g/mol. The number of unbranched alkanes of at least 4 members (excludes halogenated alkanes) is 1. The van der Waals surface area contributed by atoms with Crippen molar-refractivity contribution in [2.45, 2.75) is 26.4 Å². The zero-order chi connectivity index (χ0) is 7.94. The van der Waals surface area contributed by atoms with Gasteiger partial charge in [0.1, 0.15) is 0 Å². The van der Waals surface area contributed by atoms with Gasteiger partial charge in [0.25, 0.3) is 0 Å². The van der Waals surface area contributed by atoms with Crippen molar-refractivity contribution in [3.63, 3.8) is 0 Å². The van der Waals surface area contributed by atoms with Crippen LogP contribution in [-0.2, 0) is 11.3 Å². The second-order valence-corrected chi connectivity index (χ2v) is 2.63. The second kappa shape index (κ2) is 4.97. The molecule has 0 radical (unpaired) electrons. The summed E-state index contributed by atoms with van der Waals surface area (Å²) in [5.74, 6) is 0. The molecular formula is C9H15NO. The normalized spacial score (nSPS) is 10.3. The molecule has 1 aromatic rings. The van der Waals surface area contributed by atoms with Gasteiger partial charge in [-0.1, -0.05) is 13.3 Å². The molecule has 0 atom stereocenters. The van der Waals surface area contributed by atoms with Gasteiger partial charge in [0.2, 0.25) is 0 Å². The molecule has 1 aromatic heterocycles. The van der Waals surface area contributed by atoms with Crippen LogP contribution in [0.15, 0.2) is 18.5 Å². The first-order valence-electron chi connectivity index (χ1n) is 4.13. The van der Waals surface area contributed by atoms with E-state index in [9.17, 15) is 0 Å². The molecule has 0 unspecified atom stereocenters. The van der Waals surface area contributed by atoms with Gasteiger partial charge in [0.05, 0.1) is 6.61 Å². The average Bonchev–Trinajstić information content (AvgIpc) is 2.50. The molecule has 1 heterocycles. The molecule has 0 saturated carbocycles. The van der Waals surface area contributed by atoms with Crippen LogP contribution in [0.1, 0.15) is 25.3 Å². The summed E-state index contributed by atoms with van der Waals surface area (Å²) in [7, 11) is 0. The van der Waals surface area contributed by atoms with Gasteiger partial charge >= 0.3 is 0 Å². The maximum absolute atomic E-state index is 5.40. The molecule has 11 heavy (non-hydrogen) atoms. The summed E-state index contributed by atoms with van der Waals surface area (Å²) in [4.78, 5) is 2.99. The van der Waals surface area contributed by atoms with Gasteiger partial charge in [-0.2, -0.15) is 0 Å². The largest absolute Gasteiger partial charge is 0.377 e. The Morgan fingerprint density at radius 2 is 2.45 bits per heavy atom. The number of hydrogen-bond acceptors (Lipinski definition) is 1. The Labute approximate surface area is 67.6 Å². The van der Waals surface area contributed by atoms with E-state index in [0.717, 1.165) is 19.6 Å². The Bertz CT molecular complexity index is 170. The van der Waals surface area contributed by atoms with Gasteiger partial charge in [0.15, 0.2) is 0 Å². The van der Waals surface area contributed by atoms with Gasteiger partial charge in [-0.25, -0.2) is 0 Å². The number of hydrogen-bond donors (Lipinski definition) is 1. The number of aromatic amines is 1. The minimum absolute atomic E-state index is 0.740. The Morgan fingerprint density at radius 1 is 1.55 bits per heavy atom. The third-order valence-electron chi connectivity index (χ3n) is 1.57. The lowest BCUT2D eigenvalue weighted by atomic mass is 10.3. The highest BCUT2D eigenvalue weighted by Crippen LogP contribution is 1.99. The molecule has 0 spiro atoms. The van der Waals surface area contributed by atoms with Crippen molar-refractivity contribution in [2.24, 2.45) is 0 Å². The summed E-state index contributed by atoms with van der Waals surface area (Å²) >= 11 is 0. The van der Waals surface area contributed by atoms with Crippen LogP contribution in [0.25, 0.3) is 0 Å². The van der Waals surface area contributed by atoms with Crippen LogP contribution in [0.4, 0.5) is 0 Å². The summed E-state index contributed by atoms with van der Waals surface area (Å²) in [5.41, 5.74) is 1.22. The average molecular weight is 153 g/mol. The van der Waals surface area contributed by atoms with Gasteiger partial charge in [0, 0.05) is 19.0 Å². The predicted octanol–water partition coefficient (Wildman–Crippen LogP) is 2.33. The van der Waals surface area contributed by atoms with Crippen molar-refractivity contribution in [1.29, 1.82) is 0 Å². The second-order valence-electron chi connectivity index (χ2n) is 2.63. The van der Waals surface area contributed by atoms with Crippen LogP contribution < -0.4 is 0 Å². The van der Waals surface area contributed by atoms with Gasteiger partial charge in [-0.05, 0) is 18.1 Å². The summed E-state index contributed by atoms with van der Waals surface area (Å²) in [6.45, 7) is 3.78. The highest BCUT2D eigenvalue weighted by molar-refractivity contribution is 5.06. The lowest BCUT2D eigenvalue weighted by Crippen LogP contribution is -1.93. The molecule has 1 rings (SSSR count). The van der Waals surface area contributed by atoms with Crippen LogP contribution in [0.3, 0.4) is 0 Å². The maximum atomic E-state index is 5.40. The first-order valence-corrected chi connectivity index (χ1v) is 4.13. The van der Waals surface area contributed by atoms with Crippen LogP contribution in [0.2, 0.25) is 0 Å². The molecule has 0 fully saturated rings. The van der Waals surface area contributed by atoms with Crippen molar-refractivity contribution in [1.82, 2.24) is 4.98 Å². The summed E-state index contributed by atoms with van der Waals surface area (Å²) < 4.78 is 5.40. The van der Waals surface area contributed by atoms with Crippen LogP contribution in [0, 0.1) is 0 Å². The highest BCUT2D eigenvalue weighted by Gasteiger charge is 1.90. The van der Waals surface area contributed by atoms with Gasteiger partial charge in [-0.15, -0.1) is 0 Å². The highest BCUT2D eigenvalue weighted by atomic mass is 16.5. The molecule has 0 aliphatic rings. The van der Waals surface area contributed by atoms with Crippen LogP contribution in [-0.4, -0.2) is 11.6 Å². The standard InChI is InChI=1S/C9H15NO/c1-2-3-6-11-8-9-4-5-10-7-9/h4-5,7,10H,2-3,6,8H2,1H3. The van der Waals surface area contributed by atoms with E-state index in [2.05, 4.69) is 11.9 Å². The fraction of sp³-hybridized carbons (Fsp3) is 0.556. The topological polar surface area (TPSA) is 25.0 Å². The van der Waals surface area contributed by atoms with Crippen LogP contribution >= 0.6 is 0 Å². The SMILES string of the molecule is CCCCOCc1cc[nH]c1. The van der Waals surface area contributed by atoms with Crippen molar-refractivity contribution >= 4 is 0 Å². The van der Waals surface area contributed by atoms with E-state index in [1.54, 1.807) is 0 Å². The summed E-state index contributed by atoms with van der Waals surface area (Å²) in [5, 5.41) is 0. The smallest absolute Gasteiger partial charge is 0.0731 e. The van der Waals surface area contributed by atoms with E-state index in [4.69, 9.17) is 4.74 Å². The van der Waals surface area contributed by atoms with Crippen LogP contribution in [0.5, 0.6) is 0 Å². The lowest BCUT2D eigenvalue weighted by molar-refractivity contribution is 0.118. The van der Waals surface area contributed by atoms with E-state index in [0.29, 0.717) is 0 Å². The lowest BCUT2D eigenvalue weighted by Gasteiger charge is -1.99. The zero-order valence-corrected chi connectivity index (χ0v) is 6.97. The van der Waals surface area contributed by atoms with Crippen molar-refractivity contribution in [2.75, 3.05) is 6.61 Å². The molecule has 2 nitrogen and oxygen atoms in total. The molecule has 0 saturated heterocycles. The molecule has 0 aliphatic carbocycles. The number of ether oxygens (including phenoxy) is 1. The van der Waals surface area contributed by atoms with E-state index >= 15 is 0 Å². The third-order valence-corrected chi connectivity index (χ3v) is 1.57. The fourth-order valence-electron chi connectivity index (χ4n) is 0.885. The maximum Gasteiger partial charge on any atom is 0.0731 e. The molecule has 0 bridgehead atoms. The van der Waals surface area contributed by atoms with E-state index < -0.39 is 0 Å². The van der Waals surface area contributed by atoms with Crippen molar-refractivity contribution < 1.29 is 4.74 Å². The predicted molar refractivity (Wildman–Crippen MR) is 45.4 cm³/mol. The number of rotatable bonds is 5. The minimum atomic E-state index is 0.740.